The number of likely N-dealkylation sites (N-methyl/N-ethyl adjacent to an activating group) is 1. The molecule has 1 aliphatic heterocycles. The molecule has 1 aromatic heterocycles. The smallest absolute Gasteiger partial charge is 0.268 e. The third kappa shape index (κ3) is 4.06. The summed E-state index contributed by atoms with van der Waals surface area (Å²) in [5.74, 6) is -1.08. The minimum atomic E-state index is -0.683. The molecule has 0 saturated carbocycles. The first-order chi connectivity index (χ1) is 14.9. The number of thiazole rings is 1. The Balaban J connectivity index is 1.59. The molecule has 6 nitrogen and oxygen atoms in total. The highest BCUT2D eigenvalue weighted by atomic mass is 35.5. The number of carbonyl (C=O) groups is 2. The zero-order chi connectivity index (χ0) is 22.1. The molecule has 0 spiro atoms. The fraction of sp³-hybridized carbons (Fsp3) is 0.0909. The van der Waals surface area contributed by atoms with E-state index < -0.39 is 11.8 Å². The average molecular weight is 469 g/mol. The highest BCUT2D eigenvalue weighted by molar-refractivity contribution is 7.15. The third-order valence-electron chi connectivity index (χ3n) is 4.79. The van der Waals surface area contributed by atoms with Crippen LogP contribution in [0.3, 0.4) is 0 Å². The van der Waals surface area contributed by atoms with E-state index in [9.17, 15) is 14.9 Å². The number of hydrogen-bond acceptors (Lipinski definition) is 5. The average Bonchev–Trinajstić information content (AvgIpc) is 3.29. The van der Waals surface area contributed by atoms with Crippen molar-refractivity contribution in [3.63, 3.8) is 0 Å². The Labute approximate surface area is 192 Å². The molecule has 2 amide bonds. The first-order valence-electron chi connectivity index (χ1n) is 9.11. The molecular weight excluding hydrogens is 455 g/mol. The van der Waals surface area contributed by atoms with Gasteiger partial charge in [0.2, 0.25) is 0 Å². The van der Waals surface area contributed by atoms with Crippen molar-refractivity contribution in [2.45, 2.75) is 6.42 Å². The molecule has 2 aromatic carbocycles. The molecule has 0 atom stereocenters. The van der Waals surface area contributed by atoms with Gasteiger partial charge in [0.15, 0.2) is 5.13 Å². The number of nitriles is 1. The lowest BCUT2D eigenvalue weighted by Gasteiger charge is -2.08. The van der Waals surface area contributed by atoms with Gasteiger partial charge in [0.1, 0.15) is 11.6 Å². The number of nitrogens with zero attached hydrogens (tertiary/aromatic N) is 3. The first kappa shape index (κ1) is 21.1. The van der Waals surface area contributed by atoms with Crippen molar-refractivity contribution in [2.24, 2.45) is 0 Å². The summed E-state index contributed by atoms with van der Waals surface area (Å²) in [6.45, 7) is 0. The summed E-state index contributed by atoms with van der Waals surface area (Å²) in [4.78, 5) is 32.0. The Bertz CT molecular complexity index is 1290. The summed E-state index contributed by atoms with van der Waals surface area (Å²) in [6.07, 6.45) is 2.12. The molecule has 9 heteroatoms. The highest BCUT2D eigenvalue weighted by Gasteiger charge is 2.34. The van der Waals surface area contributed by atoms with E-state index in [1.54, 1.807) is 55.7 Å². The van der Waals surface area contributed by atoms with Crippen molar-refractivity contribution >= 4 is 62.7 Å². The largest absolute Gasteiger partial charge is 0.311 e. The zero-order valence-electron chi connectivity index (χ0n) is 16.1. The number of anilines is 2. The Morgan fingerprint density at radius 2 is 2.03 bits per heavy atom. The predicted octanol–water partition coefficient (Wildman–Crippen LogP) is 4.93. The molecule has 154 valence electrons. The number of benzene rings is 2. The summed E-state index contributed by atoms with van der Waals surface area (Å²) in [5.41, 5.74) is 1.87. The van der Waals surface area contributed by atoms with E-state index in [4.69, 9.17) is 23.2 Å². The maximum absolute atomic E-state index is 12.8. The molecular formula is C22H14Cl2N4O2S. The fourth-order valence-electron chi connectivity index (χ4n) is 3.30. The maximum Gasteiger partial charge on any atom is 0.268 e. The van der Waals surface area contributed by atoms with E-state index in [1.165, 1.54) is 16.2 Å². The SMILES string of the molecule is CN1C(=O)C(=C(C#N)C(=O)Nc2ncc(Cc3cc(Cl)ccc3Cl)s2)c2ccccc21. The summed E-state index contributed by atoms with van der Waals surface area (Å²) in [7, 11) is 1.61. The van der Waals surface area contributed by atoms with Gasteiger partial charge in [0, 0.05) is 40.2 Å². The lowest BCUT2D eigenvalue weighted by atomic mass is 10.0. The Morgan fingerprint density at radius 1 is 1.26 bits per heavy atom. The quantitative estimate of drug-likeness (QED) is 0.434. The third-order valence-corrected chi connectivity index (χ3v) is 6.31. The fourth-order valence-corrected chi connectivity index (χ4v) is 4.51. The maximum atomic E-state index is 12.8. The minimum Gasteiger partial charge on any atom is -0.311 e. The molecule has 3 aromatic rings. The normalized spacial score (nSPS) is 14.3. The van der Waals surface area contributed by atoms with Crippen LogP contribution in [0.25, 0.3) is 5.57 Å². The lowest BCUT2D eigenvalue weighted by Crippen LogP contribution is -2.23. The van der Waals surface area contributed by atoms with Gasteiger partial charge in [0.05, 0.1) is 11.3 Å². The van der Waals surface area contributed by atoms with Gasteiger partial charge in [-0.25, -0.2) is 4.98 Å². The zero-order valence-corrected chi connectivity index (χ0v) is 18.5. The molecule has 1 N–H and O–H groups in total. The van der Waals surface area contributed by atoms with Crippen molar-refractivity contribution in [1.29, 1.82) is 5.26 Å². The van der Waals surface area contributed by atoms with Crippen LogP contribution >= 0.6 is 34.5 Å². The molecule has 4 rings (SSSR count). The molecule has 0 bridgehead atoms. The van der Waals surface area contributed by atoms with Gasteiger partial charge in [-0.05, 0) is 29.8 Å². The van der Waals surface area contributed by atoms with Crippen molar-refractivity contribution in [3.05, 3.63) is 80.3 Å². The van der Waals surface area contributed by atoms with Crippen molar-refractivity contribution in [1.82, 2.24) is 4.98 Å². The number of halogens is 2. The van der Waals surface area contributed by atoms with Gasteiger partial charge in [-0.1, -0.05) is 41.4 Å². The van der Waals surface area contributed by atoms with Crippen LogP contribution in [0.15, 0.2) is 54.2 Å². The summed E-state index contributed by atoms with van der Waals surface area (Å²) in [5, 5.41) is 13.7. The Kier molecular flexibility index (Phi) is 5.79. The summed E-state index contributed by atoms with van der Waals surface area (Å²) in [6, 6.07) is 14.1. The van der Waals surface area contributed by atoms with E-state index in [0.29, 0.717) is 32.8 Å². The number of nitrogens with one attached hydrogen (secondary N) is 1. The van der Waals surface area contributed by atoms with Crippen LogP contribution < -0.4 is 10.2 Å². The molecule has 31 heavy (non-hydrogen) atoms. The van der Waals surface area contributed by atoms with Crippen LogP contribution in [0.5, 0.6) is 0 Å². The van der Waals surface area contributed by atoms with E-state index in [2.05, 4.69) is 10.3 Å². The monoisotopic (exact) mass is 468 g/mol. The number of aromatic nitrogens is 1. The molecule has 0 unspecified atom stereocenters. The topological polar surface area (TPSA) is 86.1 Å². The highest BCUT2D eigenvalue weighted by Crippen LogP contribution is 2.37. The standard InChI is InChI=1S/C22H14Cl2N4O2S/c1-28-18-5-3-2-4-15(18)19(21(28)30)16(10-25)20(29)27-22-26-11-14(31-22)9-12-8-13(23)6-7-17(12)24/h2-8,11H,9H2,1H3,(H,26,27,29). The van der Waals surface area contributed by atoms with E-state index in [0.717, 1.165) is 10.4 Å². The van der Waals surface area contributed by atoms with Crippen LogP contribution in [0.2, 0.25) is 10.0 Å². The van der Waals surface area contributed by atoms with E-state index >= 15 is 0 Å². The second kappa shape index (κ2) is 8.52. The van der Waals surface area contributed by atoms with Crippen LogP contribution in [0.4, 0.5) is 10.8 Å². The predicted molar refractivity (Wildman–Crippen MR) is 122 cm³/mol. The second-order valence-electron chi connectivity index (χ2n) is 6.74. The first-order valence-corrected chi connectivity index (χ1v) is 10.7. The van der Waals surface area contributed by atoms with Crippen molar-refractivity contribution in [2.75, 3.05) is 17.3 Å². The Morgan fingerprint density at radius 3 is 2.81 bits per heavy atom. The summed E-state index contributed by atoms with van der Waals surface area (Å²) < 4.78 is 0. The van der Waals surface area contributed by atoms with Crippen LogP contribution in [0.1, 0.15) is 16.0 Å². The molecule has 1 aliphatic rings. The molecule has 0 fully saturated rings. The number of carbonyl (C=O) groups excluding carboxylic acids is 2. The van der Waals surface area contributed by atoms with Gasteiger partial charge in [-0.15, -0.1) is 11.3 Å². The number of para-hydroxylation sites is 1. The van der Waals surface area contributed by atoms with E-state index in [-0.39, 0.29) is 11.1 Å². The van der Waals surface area contributed by atoms with Crippen LogP contribution in [-0.4, -0.2) is 23.8 Å². The number of hydrogen-bond donors (Lipinski definition) is 1. The van der Waals surface area contributed by atoms with Crippen LogP contribution in [-0.2, 0) is 16.0 Å². The number of rotatable bonds is 4. The molecule has 0 saturated heterocycles. The second-order valence-corrected chi connectivity index (χ2v) is 8.70. The molecule has 2 heterocycles. The van der Waals surface area contributed by atoms with Gasteiger partial charge in [0.25, 0.3) is 11.8 Å². The minimum absolute atomic E-state index is 0.0839. The molecule has 0 radical (unpaired) electrons. The lowest BCUT2D eigenvalue weighted by molar-refractivity contribution is -0.114. The summed E-state index contributed by atoms with van der Waals surface area (Å²) >= 11 is 13.5. The van der Waals surface area contributed by atoms with Crippen LogP contribution in [0, 0.1) is 11.3 Å². The van der Waals surface area contributed by atoms with Gasteiger partial charge in [-0.2, -0.15) is 5.26 Å². The van der Waals surface area contributed by atoms with Gasteiger partial charge < -0.3 is 4.90 Å². The van der Waals surface area contributed by atoms with E-state index in [1.807, 2.05) is 6.07 Å². The van der Waals surface area contributed by atoms with Crippen molar-refractivity contribution in [3.8, 4) is 6.07 Å². The van der Waals surface area contributed by atoms with Crippen molar-refractivity contribution < 1.29 is 9.59 Å². The number of fused-ring (bicyclic) bond motifs is 1. The van der Waals surface area contributed by atoms with Gasteiger partial charge in [-0.3, -0.25) is 14.9 Å². The Hall–Kier alpha value is -3.18. The van der Waals surface area contributed by atoms with Gasteiger partial charge >= 0.3 is 0 Å². The number of amides is 2. The molecule has 0 aliphatic carbocycles.